The molecule has 0 atom stereocenters. The lowest BCUT2D eigenvalue weighted by Crippen LogP contribution is -1.88. The van der Waals surface area contributed by atoms with Crippen molar-refractivity contribution in [3.63, 3.8) is 0 Å². The Kier molecular flexibility index (Phi) is 5.14. The summed E-state index contributed by atoms with van der Waals surface area (Å²) in [5.74, 6) is 0. The van der Waals surface area contributed by atoms with Gasteiger partial charge in [0.25, 0.3) is 0 Å². The zero-order valence-corrected chi connectivity index (χ0v) is 15.6. The topological polar surface area (TPSA) is 25.8 Å². The molecule has 0 aromatic carbocycles. The van der Waals surface area contributed by atoms with Crippen molar-refractivity contribution in [1.82, 2.24) is 9.97 Å². The second kappa shape index (κ2) is 8.04. The molecule has 0 saturated heterocycles. The maximum atomic E-state index is 4.49. The molecule has 0 fully saturated rings. The van der Waals surface area contributed by atoms with Gasteiger partial charge >= 0.3 is 0 Å². The number of nitrogens with zero attached hydrogens (tertiary/aromatic N) is 2. The van der Waals surface area contributed by atoms with Gasteiger partial charge in [-0.05, 0) is 70.4 Å². The molecule has 26 heavy (non-hydrogen) atoms. The lowest BCUT2D eigenvalue weighted by atomic mass is 10.1. The third kappa shape index (κ3) is 4.23. The Morgan fingerprint density at radius 3 is 1.54 bits per heavy atom. The Morgan fingerprint density at radius 2 is 1.12 bits per heavy atom. The van der Waals surface area contributed by atoms with Crippen LogP contribution < -0.4 is 0 Å². The minimum absolute atomic E-state index is 0.879. The summed E-state index contributed by atoms with van der Waals surface area (Å²) < 4.78 is 0. The van der Waals surface area contributed by atoms with Crippen LogP contribution in [0.3, 0.4) is 0 Å². The van der Waals surface area contributed by atoms with E-state index in [1.807, 2.05) is 24.5 Å². The van der Waals surface area contributed by atoms with Crippen LogP contribution in [0.5, 0.6) is 0 Å². The highest BCUT2D eigenvalue weighted by atomic mass is 32.1. The predicted octanol–water partition coefficient (Wildman–Crippen LogP) is 6.61. The van der Waals surface area contributed by atoms with Gasteiger partial charge in [-0.2, -0.15) is 0 Å². The molecule has 0 aliphatic heterocycles. The van der Waals surface area contributed by atoms with E-state index in [9.17, 15) is 0 Å². The predicted molar refractivity (Wildman–Crippen MR) is 114 cm³/mol. The fraction of sp³-hybridized carbons (Fsp3) is 0. The molecule has 4 heteroatoms. The molecule has 0 amide bonds. The first-order valence-corrected chi connectivity index (χ1v) is 9.98. The van der Waals surface area contributed by atoms with Crippen LogP contribution in [0.4, 0.5) is 0 Å². The van der Waals surface area contributed by atoms with Crippen LogP contribution in [0.25, 0.3) is 35.7 Å². The number of pyridine rings is 2. The van der Waals surface area contributed by atoms with E-state index in [1.165, 1.54) is 9.75 Å². The Morgan fingerprint density at radius 1 is 0.615 bits per heavy atom. The number of hydrogen-bond acceptors (Lipinski definition) is 4. The zero-order chi connectivity index (χ0) is 17.6. The van der Waals surface area contributed by atoms with Gasteiger partial charge in [0, 0.05) is 22.1 Å². The van der Waals surface area contributed by atoms with E-state index in [2.05, 4.69) is 81.4 Å². The summed E-state index contributed by atoms with van der Waals surface area (Å²) in [5, 5.41) is 4.16. The van der Waals surface area contributed by atoms with E-state index < -0.39 is 0 Å². The molecule has 0 aliphatic rings. The Balaban J connectivity index is 1.57. The van der Waals surface area contributed by atoms with Crippen molar-refractivity contribution in [2.45, 2.75) is 0 Å². The molecule has 126 valence electrons. The maximum Gasteiger partial charge on any atom is 0.0892 e. The van der Waals surface area contributed by atoms with Crippen molar-refractivity contribution >= 4 is 47.0 Å². The van der Waals surface area contributed by atoms with Gasteiger partial charge < -0.3 is 0 Å². The van der Waals surface area contributed by atoms with Gasteiger partial charge in [-0.3, -0.25) is 9.97 Å². The largest absolute Gasteiger partial charge is 0.255 e. The van der Waals surface area contributed by atoms with E-state index in [1.54, 1.807) is 22.7 Å². The summed E-state index contributed by atoms with van der Waals surface area (Å²) in [4.78, 5) is 11.5. The molecule has 0 spiro atoms. The Bertz CT molecular complexity index is 944. The third-order valence-corrected chi connectivity index (χ3v) is 5.47. The molecule has 0 unspecified atom stereocenters. The highest BCUT2D eigenvalue weighted by Gasteiger charge is 2.02. The van der Waals surface area contributed by atoms with Crippen molar-refractivity contribution in [1.29, 1.82) is 0 Å². The standard InChI is InChI=1S/C22H16N2S2/c1-3-19(25-13-1)7-5-17-9-11-23-21(15-17)22-16-18(10-12-24-22)6-8-20-4-2-14-26-20/h1-16H/b7-5+,8-6+. The monoisotopic (exact) mass is 372 g/mol. The average Bonchev–Trinajstić information content (AvgIpc) is 3.39. The first-order valence-electron chi connectivity index (χ1n) is 8.22. The average molecular weight is 373 g/mol. The van der Waals surface area contributed by atoms with Crippen LogP contribution in [-0.4, -0.2) is 9.97 Å². The van der Waals surface area contributed by atoms with Crippen molar-refractivity contribution < 1.29 is 0 Å². The minimum atomic E-state index is 0.879. The lowest BCUT2D eigenvalue weighted by molar-refractivity contribution is 1.24. The molecule has 4 heterocycles. The van der Waals surface area contributed by atoms with Crippen LogP contribution in [-0.2, 0) is 0 Å². The number of aromatic nitrogens is 2. The van der Waals surface area contributed by atoms with Crippen LogP contribution >= 0.6 is 22.7 Å². The van der Waals surface area contributed by atoms with Crippen molar-refractivity contribution in [3.8, 4) is 11.4 Å². The van der Waals surface area contributed by atoms with Gasteiger partial charge in [-0.25, -0.2) is 0 Å². The zero-order valence-electron chi connectivity index (χ0n) is 13.9. The first-order chi connectivity index (χ1) is 12.9. The molecule has 0 aliphatic carbocycles. The molecule has 4 rings (SSSR count). The molecule has 0 bridgehead atoms. The Hall–Kier alpha value is -2.82. The van der Waals surface area contributed by atoms with Crippen molar-refractivity contribution in [3.05, 3.63) is 92.6 Å². The first kappa shape index (κ1) is 16.6. The molecule has 0 saturated carbocycles. The van der Waals surface area contributed by atoms with Crippen LogP contribution in [0.2, 0.25) is 0 Å². The summed E-state index contributed by atoms with van der Waals surface area (Å²) in [5.41, 5.74) is 3.99. The van der Waals surface area contributed by atoms with Gasteiger partial charge in [0.15, 0.2) is 0 Å². The lowest BCUT2D eigenvalue weighted by Gasteiger charge is -2.02. The van der Waals surface area contributed by atoms with Gasteiger partial charge in [0.2, 0.25) is 0 Å². The minimum Gasteiger partial charge on any atom is -0.255 e. The van der Waals surface area contributed by atoms with Gasteiger partial charge in [0.1, 0.15) is 0 Å². The normalized spacial score (nSPS) is 11.5. The summed E-state index contributed by atoms with van der Waals surface area (Å²) >= 11 is 3.45. The smallest absolute Gasteiger partial charge is 0.0892 e. The van der Waals surface area contributed by atoms with Crippen LogP contribution in [0.15, 0.2) is 71.7 Å². The van der Waals surface area contributed by atoms with Gasteiger partial charge in [-0.15, -0.1) is 22.7 Å². The van der Waals surface area contributed by atoms with E-state index in [4.69, 9.17) is 0 Å². The van der Waals surface area contributed by atoms with E-state index in [0.717, 1.165) is 22.5 Å². The van der Waals surface area contributed by atoms with Gasteiger partial charge in [-0.1, -0.05) is 24.3 Å². The molecule has 4 aromatic heterocycles. The summed E-state index contributed by atoms with van der Waals surface area (Å²) in [7, 11) is 0. The van der Waals surface area contributed by atoms with Crippen LogP contribution in [0.1, 0.15) is 20.9 Å². The highest BCUT2D eigenvalue weighted by Crippen LogP contribution is 2.20. The van der Waals surface area contributed by atoms with E-state index in [0.29, 0.717) is 0 Å². The molecular formula is C22H16N2S2. The van der Waals surface area contributed by atoms with E-state index in [-0.39, 0.29) is 0 Å². The SMILES string of the molecule is C(=C\c1cccs1)/c1ccnc(-c2cc(/C=C/c3cccs3)ccn2)c1. The second-order valence-electron chi connectivity index (χ2n) is 5.65. The Labute approximate surface area is 160 Å². The molecule has 4 aromatic rings. The number of hydrogen-bond donors (Lipinski definition) is 0. The van der Waals surface area contributed by atoms with E-state index >= 15 is 0 Å². The number of thiophene rings is 2. The molecule has 0 radical (unpaired) electrons. The van der Waals surface area contributed by atoms with Crippen molar-refractivity contribution in [2.24, 2.45) is 0 Å². The van der Waals surface area contributed by atoms with Crippen molar-refractivity contribution in [2.75, 3.05) is 0 Å². The molecule has 0 N–H and O–H groups in total. The third-order valence-electron chi connectivity index (χ3n) is 3.80. The van der Waals surface area contributed by atoms with Gasteiger partial charge in [0.05, 0.1) is 11.4 Å². The summed E-state index contributed by atoms with van der Waals surface area (Å²) in [6.07, 6.45) is 12.1. The maximum absolute atomic E-state index is 4.49. The fourth-order valence-corrected chi connectivity index (χ4v) is 3.75. The fourth-order valence-electron chi connectivity index (χ4n) is 2.51. The quantitative estimate of drug-likeness (QED) is 0.394. The highest BCUT2D eigenvalue weighted by molar-refractivity contribution is 7.11. The second-order valence-corrected chi connectivity index (χ2v) is 7.60. The molecule has 2 nitrogen and oxygen atoms in total. The molecular weight excluding hydrogens is 356 g/mol. The van der Waals surface area contributed by atoms with Crippen LogP contribution in [0, 0.1) is 0 Å². The summed E-state index contributed by atoms with van der Waals surface area (Å²) in [6.45, 7) is 0. The summed E-state index contributed by atoms with van der Waals surface area (Å²) in [6, 6.07) is 16.5. The number of rotatable bonds is 5.